The second-order valence-electron chi connectivity index (χ2n) is 4.28. The summed E-state index contributed by atoms with van der Waals surface area (Å²) in [5.74, 6) is 0.0995. The van der Waals surface area contributed by atoms with Gasteiger partial charge in [0.25, 0.3) is 5.56 Å². The van der Waals surface area contributed by atoms with Gasteiger partial charge < -0.3 is 9.84 Å². The van der Waals surface area contributed by atoms with E-state index in [0.29, 0.717) is 16.5 Å². The second-order valence-corrected chi connectivity index (χ2v) is 4.28. The molecule has 5 nitrogen and oxygen atoms in total. The number of methoxy groups -OCH3 is 1. The quantitative estimate of drug-likeness (QED) is 0.773. The highest BCUT2D eigenvalue weighted by molar-refractivity contribution is 5.89. The molecule has 1 heterocycles. The first-order valence-electron chi connectivity index (χ1n) is 6.06. The van der Waals surface area contributed by atoms with Crippen LogP contribution in [0.3, 0.4) is 0 Å². The van der Waals surface area contributed by atoms with Gasteiger partial charge in [-0.05, 0) is 24.3 Å². The molecule has 0 bridgehead atoms. The lowest BCUT2D eigenvalue weighted by Gasteiger charge is -2.09. The normalized spacial score (nSPS) is 10.7. The van der Waals surface area contributed by atoms with Crippen molar-refractivity contribution in [2.24, 2.45) is 0 Å². The molecule has 0 fully saturated rings. The molecule has 0 unspecified atom stereocenters. The highest BCUT2D eigenvalue weighted by Crippen LogP contribution is 2.31. The van der Waals surface area contributed by atoms with Gasteiger partial charge in [-0.1, -0.05) is 18.2 Å². The molecule has 0 atom stereocenters. The second kappa shape index (κ2) is 4.70. The summed E-state index contributed by atoms with van der Waals surface area (Å²) in [6, 6.07) is 12.2. The third kappa shape index (κ3) is 1.80. The third-order valence-corrected chi connectivity index (χ3v) is 3.09. The molecule has 20 heavy (non-hydrogen) atoms. The molecular weight excluding hydrogens is 256 g/mol. The van der Waals surface area contributed by atoms with Gasteiger partial charge in [-0.3, -0.25) is 4.79 Å². The number of hydrogen-bond donors (Lipinski definition) is 1. The lowest BCUT2D eigenvalue weighted by molar-refractivity contribution is 0.377. The van der Waals surface area contributed by atoms with E-state index in [9.17, 15) is 9.90 Å². The maximum Gasteiger partial charge on any atom is 0.283 e. The van der Waals surface area contributed by atoms with Crippen molar-refractivity contribution in [2.75, 3.05) is 7.11 Å². The predicted molar refractivity (Wildman–Crippen MR) is 75.6 cm³/mol. The van der Waals surface area contributed by atoms with Gasteiger partial charge in [-0.15, -0.1) is 0 Å². The minimum atomic E-state index is -0.332. The summed E-state index contributed by atoms with van der Waals surface area (Å²) in [6.07, 6.45) is 1.58. The van der Waals surface area contributed by atoms with E-state index in [0.717, 1.165) is 0 Å². The number of ether oxygens (including phenoxy) is 1. The minimum Gasteiger partial charge on any atom is -0.504 e. The van der Waals surface area contributed by atoms with E-state index in [4.69, 9.17) is 4.74 Å². The van der Waals surface area contributed by atoms with E-state index in [1.54, 1.807) is 24.4 Å². The number of aromatic nitrogens is 2. The predicted octanol–water partition coefficient (Wildman–Crippen LogP) is 2.10. The number of benzene rings is 2. The van der Waals surface area contributed by atoms with Crippen LogP contribution in [0.2, 0.25) is 0 Å². The molecule has 5 heteroatoms. The molecule has 100 valence electrons. The third-order valence-electron chi connectivity index (χ3n) is 3.09. The Bertz CT molecular complexity index is 826. The van der Waals surface area contributed by atoms with Crippen LogP contribution in [-0.4, -0.2) is 22.0 Å². The summed E-state index contributed by atoms with van der Waals surface area (Å²) in [6.45, 7) is 0. The van der Waals surface area contributed by atoms with E-state index in [-0.39, 0.29) is 17.1 Å². The minimum absolute atomic E-state index is 0.0667. The summed E-state index contributed by atoms with van der Waals surface area (Å²) in [4.78, 5) is 12.6. The van der Waals surface area contributed by atoms with Crippen molar-refractivity contribution in [3.63, 3.8) is 0 Å². The van der Waals surface area contributed by atoms with Crippen molar-refractivity contribution in [2.45, 2.75) is 0 Å². The Kier molecular flexibility index (Phi) is 2.87. The first kappa shape index (κ1) is 12.2. The Balaban J connectivity index is 2.39. The zero-order chi connectivity index (χ0) is 14.1. The van der Waals surface area contributed by atoms with Gasteiger partial charge in [0.05, 0.1) is 24.4 Å². The molecule has 0 spiro atoms. The molecule has 0 aliphatic rings. The molecular formula is C15H12N2O3. The molecule has 0 saturated carbocycles. The van der Waals surface area contributed by atoms with E-state index < -0.39 is 0 Å². The fraction of sp³-hybridized carbons (Fsp3) is 0.0667. The first-order valence-corrected chi connectivity index (χ1v) is 6.06. The van der Waals surface area contributed by atoms with Gasteiger partial charge in [0, 0.05) is 5.39 Å². The molecule has 0 saturated heterocycles. The fourth-order valence-corrected chi connectivity index (χ4v) is 2.15. The zero-order valence-electron chi connectivity index (χ0n) is 10.8. The largest absolute Gasteiger partial charge is 0.504 e. The van der Waals surface area contributed by atoms with Crippen LogP contribution < -0.4 is 10.3 Å². The Morgan fingerprint density at radius 2 is 1.90 bits per heavy atom. The van der Waals surface area contributed by atoms with Crippen molar-refractivity contribution in [1.82, 2.24) is 9.78 Å². The van der Waals surface area contributed by atoms with Crippen LogP contribution in [0, 0.1) is 0 Å². The Morgan fingerprint density at radius 1 is 1.15 bits per heavy atom. The van der Waals surface area contributed by atoms with Gasteiger partial charge >= 0.3 is 0 Å². The van der Waals surface area contributed by atoms with Crippen LogP contribution in [0.15, 0.2) is 53.5 Å². The summed E-state index contributed by atoms with van der Waals surface area (Å²) >= 11 is 0. The summed E-state index contributed by atoms with van der Waals surface area (Å²) in [5, 5.41) is 14.9. The van der Waals surface area contributed by atoms with Gasteiger partial charge in [0.2, 0.25) is 0 Å². The summed E-state index contributed by atoms with van der Waals surface area (Å²) in [7, 11) is 1.42. The monoisotopic (exact) mass is 268 g/mol. The van der Waals surface area contributed by atoms with Gasteiger partial charge in [0.15, 0.2) is 11.5 Å². The number of aromatic hydroxyl groups is 1. The lowest BCUT2D eigenvalue weighted by Crippen LogP contribution is -2.21. The molecule has 0 aliphatic heterocycles. The van der Waals surface area contributed by atoms with Crippen LogP contribution >= 0.6 is 0 Å². The standard InChI is InChI=1S/C15H12N2O3/c1-20-14-12(18)8-7-10-9-16-17(15(19)13(10)14)11-5-3-2-4-6-11/h2-9,18H,1H3. The van der Waals surface area contributed by atoms with Crippen molar-refractivity contribution in [1.29, 1.82) is 0 Å². The molecule has 3 rings (SSSR count). The average molecular weight is 268 g/mol. The van der Waals surface area contributed by atoms with E-state index in [1.165, 1.54) is 17.9 Å². The topological polar surface area (TPSA) is 64.3 Å². The van der Waals surface area contributed by atoms with Crippen LogP contribution in [-0.2, 0) is 0 Å². The molecule has 2 aromatic carbocycles. The SMILES string of the molecule is COc1c(O)ccc2cnn(-c3ccccc3)c(=O)c12. The lowest BCUT2D eigenvalue weighted by atomic mass is 10.1. The number of hydrogen-bond acceptors (Lipinski definition) is 4. The highest BCUT2D eigenvalue weighted by Gasteiger charge is 2.14. The van der Waals surface area contributed by atoms with E-state index in [1.807, 2.05) is 18.2 Å². The average Bonchev–Trinajstić information content (AvgIpc) is 2.49. The Hall–Kier alpha value is -2.82. The van der Waals surface area contributed by atoms with E-state index in [2.05, 4.69) is 5.10 Å². The van der Waals surface area contributed by atoms with Crippen molar-refractivity contribution in [3.05, 3.63) is 59.0 Å². The maximum atomic E-state index is 12.6. The smallest absolute Gasteiger partial charge is 0.283 e. The summed E-state index contributed by atoms with van der Waals surface area (Å²) in [5.41, 5.74) is 0.325. The number of nitrogens with zero attached hydrogens (tertiary/aromatic N) is 2. The van der Waals surface area contributed by atoms with Crippen LogP contribution in [0.1, 0.15) is 0 Å². The van der Waals surface area contributed by atoms with Crippen LogP contribution in [0.4, 0.5) is 0 Å². The molecule has 1 aromatic heterocycles. The maximum absolute atomic E-state index is 12.6. The van der Waals surface area contributed by atoms with Crippen molar-refractivity contribution < 1.29 is 9.84 Å². The highest BCUT2D eigenvalue weighted by atomic mass is 16.5. The Labute approximate surface area is 114 Å². The zero-order valence-corrected chi connectivity index (χ0v) is 10.8. The van der Waals surface area contributed by atoms with Crippen LogP contribution in [0.25, 0.3) is 16.5 Å². The summed E-state index contributed by atoms with van der Waals surface area (Å²) < 4.78 is 6.42. The molecule has 0 radical (unpaired) electrons. The number of para-hydroxylation sites is 1. The number of rotatable bonds is 2. The number of fused-ring (bicyclic) bond motifs is 1. The fourth-order valence-electron chi connectivity index (χ4n) is 2.15. The van der Waals surface area contributed by atoms with Gasteiger partial charge in [-0.2, -0.15) is 9.78 Å². The molecule has 0 amide bonds. The number of phenolic OH excluding ortho intramolecular Hbond substituents is 1. The molecule has 0 aliphatic carbocycles. The first-order chi connectivity index (χ1) is 9.72. The van der Waals surface area contributed by atoms with Crippen molar-refractivity contribution in [3.8, 4) is 17.2 Å². The molecule has 3 aromatic rings. The number of phenols is 1. The van der Waals surface area contributed by atoms with Crippen LogP contribution in [0.5, 0.6) is 11.5 Å². The van der Waals surface area contributed by atoms with Gasteiger partial charge in [-0.25, -0.2) is 0 Å². The van der Waals surface area contributed by atoms with Crippen molar-refractivity contribution >= 4 is 10.8 Å². The Morgan fingerprint density at radius 3 is 2.60 bits per heavy atom. The van der Waals surface area contributed by atoms with E-state index >= 15 is 0 Å². The molecule has 1 N–H and O–H groups in total. The van der Waals surface area contributed by atoms with Gasteiger partial charge in [0.1, 0.15) is 0 Å².